The van der Waals surface area contributed by atoms with E-state index in [1.807, 2.05) is 12.2 Å². The normalized spacial score (nSPS) is 16.8. The first-order valence-electron chi connectivity index (χ1n) is 7.07. The van der Waals surface area contributed by atoms with E-state index in [9.17, 15) is 14.4 Å². The van der Waals surface area contributed by atoms with Crippen LogP contribution in [0.2, 0.25) is 0 Å². The van der Waals surface area contributed by atoms with Crippen molar-refractivity contribution in [2.75, 3.05) is 11.9 Å². The number of carbonyl (C=O) groups is 3. The Morgan fingerprint density at radius 2 is 1.91 bits per heavy atom. The molecule has 116 valence electrons. The molecule has 6 heteroatoms. The molecule has 1 aliphatic carbocycles. The fourth-order valence-electron chi connectivity index (χ4n) is 2.23. The molecule has 0 spiro atoms. The quantitative estimate of drug-likeness (QED) is 0.495. The molecule has 0 bridgehead atoms. The van der Waals surface area contributed by atoms with Crippen molar-refractivity contribution >= 4 is 23.5 Å². The first-order chi connectivity index (χ1) is 10.6. The van der Waals surface area contributed by atoms with Gasteiger partial charge in [0.1, 0.15) is 0 Å². The third-order valence-electron chi connectivity index (χ3n) is 3.42. The molecule has 1 unspecified atom stereocenters. The molecule has 6 nitrogen and oxygen atoms in total. The minimum Gasteiger partial charge on any atom is -0.457 e. The SMILES string of the molecule is NC(=O)Nc1ccc(C(=O)COC(=O)C2CC=CCC2)cc1. The van der Waals surface area contributed by atoms with E-state index in [-0.39, 0.29) is 24.3 Å². The Balaban J connectivity index is 1.85. The van der Waals surface area contributed by atoms with Gasteiger partial charge in [-0.3, -0.25) is 9.59 Å². The maximum absolute atomic E-state index is 12.0. The number of allylic oxidation sites excluding steroid dienone is 2. The second-order valence-corrected chi connectivity index (χ2v) is 5.08. The summed E-state index contributed by atoms with van der Waals surface area (Å²) in [4.78, 5) is 34.5. The predicted octanol–water partition coefficient (Wildman–Crippen LogP) is 2.26. The number of ether oxygens (including phenoxy) is 1. The summed E-state index contributed by atoms with van der Waals surface area (Å²) >= 11 is 0. The number of hydrogen-bond donors (Lipinski definition) is 2. The van der Waals surface area contributed by atoms with E-state index in [4.69, 9.17) is 10.5 Å². The highest BCUT2D eigenvalue weighted by atomic mass is 16.5. The Kier molecular flexibility index (Phi) is 5.30. The fraction of sp³-hybridized carbons (Fsp3) is 0.312. The highest BCUT2D eigenvalue weighted by Gasteiger charge is 2.21. The van der Waals surface area contributed by atoms with Crippen molar-refractivity contribution in [3.63, 3.8) is 0 Å². The van der Waals surface area contributed by atoms with Crippen molar-refractivity contribution in [1.82, 2.24) is 0 Å². The van der Waals surface area contributed by atoms with Gasteiger partial charge in [0, 0.05) is 11.3 Å². The van der Waals surface area contributed by atoms with Gasteiger partial charge in [-0.05, 0) is 43.5 Å². The maximum atomic E-state index is 12.0. The third-order valence-corrected chi connectivity index (χ3v) is 3.42. The Hall–Kier alpha value is -2.63. The highest BCUT2D eigenvalue weighted by molar-refractivity contribution is 5.98. The standard InChI is InChI=1S/C16H18N2O4/c17-16(21)18-13-8-6-11(7-9-13)14(19)10-22-15(20)12-4-2-1-3-5-12/h1-2,6-9,12H,3-5,10H2,(H3,17,18,21). The molecule has 0 aliphatic heterocycles. The number of benzene rings is 1. The summed E-state index contributed by atoms with van der Waals surface area (Å²) in [7, 11) is 0. The number of amides is 2. The number of esters is 1. The van der Waals surface area contributed by atoms with Gasteiger partial charge in [0.05, 0.1) is 5.92 Å². The molecular weight excluding hydrogens is 284 g/mol. The molecule has 1 aromatic rings. The molecule has 2 rings (SSSR count). The number of anilines is 1. The lowest BCUT2D eigenvalue weighted by Gasteiger charge is -2.16. The highest BCUT2D eigenvalue weighted by Crippen LogP contribution is 2.19. The molecule has 1 aromatic carbocycles. The first kappa shape index (κ1) is 15.8. The first-order valence-corrected chi connectivity index (χ1v) is 7.07. The van der Waals surface area contributed by atoms with Crippen molar-refractivity contribution in [2.24, 2.45) is 11.7 Å². The summed E-state index contributed by atoms with van der Waals surface area (Å²) in [6, 6.07) is 5.54. The molecule has 0 saturated heterocycles. The van der Waals surface area contributed by atoms with Gasteiger partial charge in [-0.2, -0.15) is 0 Å². The van der Waals surface area contributed by atoms with E-state index in [0.717, 1.165) is 12.8 Å². The third kappa shape index (κ3) is 4.44. The van der Waals surface area contributed by atoms with Gasteiger partial charge in [0.2, 0.25) is 0 Å². The van der Waals surface area contributed by atoms with Gasteiger partial charge >= 0.3 is 12.0 Å². The molecule has 1 aliphatic rings. The Morgan fingerprint density at radius 3 is 2.50 bits per heavy atom. The van der Waals surface area contributed by atoms with Crippen LogP contribution in [0.3, 0.4) is 0 Å². The van der Waals surface area contributed by atoms with Crippen LogP contribution in [0.5, 0.6) is 0 Å². The molecule has 3 N–H and O–H groups in total. The molecule has 0 heterocycles. The number of urea groups is 1. The van der Waals surface area contributed by atoms with E-state index < -0.39 is 6.03 Å². The van der Waals surface area contributed by atoms with Crippen LogP contribution in [-0.2, 0) is 9.53 Å². The molecule has 0 fully saturated rings. The van der Waals surface area contributed by atoms with Crippen molar-refractivity contribution in [1.29, 1.82) is 0 Å². The minimum absolute atomic E-state index is 0.153. The zero-order valence-electron chi connectivity index (χ0n) is 12.1. The molecule has 22 heavy (non-hydrogen) atoms. The van der Waals surface area contributed by atoms with Crippen LogP contribution in [0, 0.1) is 5.92 Å². The number of carbonyl (C=O) groups excluding carboxylic acids is 3. The monoisotopic (exact) mass is 302 g/mol. The molecule has 2 amide bonds. The van der Waals surface area contributed by atoms with Gasteiger partial charge in [-0.15, -0.1) is 0 Å². The molecule has 0 aromatic heterocycles. The van der Waals surface area contributed by atoms with Gasteiger partial charge in [0.25, 0.3) is 0 Å². The molecule has 1 atom stereocenters. The number of nitrogens with one attached hydrogen (secondary N) is 1. The molecule has 0 radical (unpaired) electrons. The topological polar surface area (TPSA) is 98.5 Å². The van der Waals surface area contributed by atoms with Crippen LogP contribution in [0.15, 0.2) is 36.4 Å². The number of primary amides is 1. The van der Waals surface area contributed by atoms with Gasteiger partial charge in [-0.1, -0.05) is 12.2 Å². The summed E-state index contributed by atoms with van der Waals surface area (Å²) in [5, 5.41) is 2.40. The largest absolute Gasteiger partial charge is 0.457 e. The van der Waals surface area contributed by atoms with Gasteiger partial charge in [0.15, 0.2) is 12.4 Å². The Morgan fingerprint density at radius 1 is 1.18 bits per heavy atom. The second kappa shape index (κ2) is 7.40. The smallest absolute Gasteiger partial charge is 0.316 e. The van der Waals surface area contributed by atoms with E-state index in [2.05, 4.69) is 5.32 Å². The predicted molar refractivity (Wildman–Crippen MR) is 81.4 cm³/mol. The fourth-order valence-corrected chi connectivity index (χ4v) is 2.23. The van der Waals surface area contributed by atoms with Crippen molar-refractivity contribution < 1.29 is 19.1 Å². The van der Waals surface area contributed by atoms with Crippen LogP contribution in [0.25, 0.3) is 0 Å². The van der Waals surface area contributed by atoms with Crippen molar-refractivity contribution in [2.45, 2.75) is 19.3 Å². The number of hydrogen-bond acceptors (Lipinski definition) is 4. The lowest BCUT2D eigenvalue weighted by Crippen LogP contribution is -2.22. The summed E-state index contributed by atoms with van der Waals surface area (Å²) in [6.45, 7) is -0.276. The average molecular weight is 302 g/mol. The number of Topliss-reactive ketones (excluding diaryl/α,β-unsaturated/α-hetero) is 1. The Bertz CT molecular complexity index is 593. The number of nitrogens with two attached hydrogens (primary N) is 1. The molecular formula is C16H18N2O4. The lowest BCUT2D eigenvalue weighted by molar-refractivity contribution is -0.147. The van der Waals surface area contributed by atoms with Crippen LogP contribution in [-0.4, -0.2) is 24.4 Å². The second-order valence-electron chi connectivity index (χ2n) is 5.08. The van der Waals surface area contributed by atoms with Crippen molar-refractivity contribution in [3.8, 4) is 0 Å². The van der Waals surface area contributed by atoms with Crippen molar-refractivity contribution in [3.05, 3.63) is 42.0 Å². The van der Waals surface area contributed by atoms with Crippen LogP contribution in [0.1, 0.15) is 29.6 Å². The summed E-state index contributed by atoms with van der Waals surface area (Å²) < 4.78 is 5.08. The van der Waals surface area contributed by atoms with Crippen LogP contribution in [0.4, 0.5) is 10.5 Å². The zero-order chi connectivity index (χ0) is 15.9. The van der Waals surface area contributed by atoms with E-state index >= 15 is 0 Å². The van der Waals surface area contributed by atoms with E-state index in [1.54, 1.807) is 24.3 Å². The van der Waals surface area contributed by atoms with E-state index in [0.29, 0.717) is 17.7 Å². The van der Waals surface area contributed by atoms with Gasteiger partial charge in [-0.25, -0.2) is 4.79 Å². The van der Waals surface area contributed by atoms with Gasteiger partial charge < -0.3 is 15.8 Å². The zero-order valence-corrected chi connectivity index (χ0v) is 12.1. The Labute approximate surface area is 128 Å². The molecule has 0 saturated carbocycles. The number of rotatable bonds is 5. The van der Waals surface area contributed by atoms with E-state index in [1.165, 1.54) is 0 Å². The summed E-state index contributed by atoms with van der Waals surface area (Å²) in [6.07, 6.45) is 6.29. The number of ketones is 1. The van der Waals surface area contributed by atoms with Crippen LogP contribution < -0.4 is 11.1 Å². The average Bonchev–Trinajstić information content (AvgIpc) is 2.53. The summed E-state index contributed by atoms with van der Waals surface area (Å²) in [5.74, 6) is -0.769. The maximum Gasteiger partial charge on any atom is 0.316 e. The van der Waals surface area contributed by atoms with Crippen LogP contribution >= 0.6 is 0 Å². The lowest BCUT2D eigenvalue weighted by atomic mass is 9.95. The summed E-state index contributed by atoms with van der Waals surface area (Å²) in [5.41, 5.74) is 5.90. The minimum atomic E-state index is -0.672.